The van der Waals surface area contributed by atoms with Crippen LogP contribution in [0.25, 0.3) is 28.0 Å². The Balaban J connectivity index is 0.000000771. The predicted molar refractivity (Wildman–Crippen MR) is 127 cm³/mol. The molecule has 0 atom stereocenters. The van der Waals surface area contributed by atoms with Crippen LogP contribution in [0.5, 0.6) is 0 Å². The lowest BCUT2D eigenvalue weighted by Crippen LogP contribution is -2.18. The molecule has 0 spiro atoms. The van der Waals surface area contributed by atoms with Crippen LogP contribution in [0.1, 0.15) is 65.0 Å². The molecular formula is C25H28FN7O. The van der Waals surface area contributed by atoms with Gasteiger partial charge in [-0.05, 0) is 25.0 Å². The van der Waals surface area contributed by atoms with E-state index in [-0.39, 0.29) is 6.04 Å². The summed E-state index contributed by atoms with van der Waals surface area (Å²) >= 11 is 0. The van der Waals surface area contributed by atoms with Gasteiger partial charge in [0.15, 0.2) is 0 Å². The maximum atomic E-state index is 13.3. The minimum Gasteiger partial charge on any atom is -0.300 e. The monoisotopic (exact) mass is 461 g/mol. The van der Waals surface area contributed by atoms with Crippen molar-refractivity contribution >= 4 is 11.3 Å². The SMILES string of the molecule is CC.CC.N#Cc1cnn2cc(-c3cnn(C4CCC(=O)CC4)c3)nc(-c3ccc(F)nc3)c12. The summed E-state index contributed by atoms with van der Waals surface area (Å²) in [5.41, 5.74) is 3.39. The standard InChI is InChI=1S/C21H16FN7O.2C2H6/c22-19-6-1-13(8-24-19)20-21-14(7-23)9-26-29(21)12-18(27-20)15-10-25-28(11-15)16-2-4-17(30)5-3-16;2*1-2/h1,6,8-12,16H,2-5H2;2*1-2H3. The molecule has 176 valence electrons. The molecule has 0 N–H and O–H groups in total. The number of hydrogen-bond donors (Lipinski definition) is 0. The highest BCUT2D eigenvalue weighted by Crippen LogP contribution is 2.30. The Labute approximate surface area is 198 Å². The summed E-state index contributed by atoms with van der Waals surface area (Å²) in [5, 5.41) is 18.2. The number of hydrogen-bond acceptors (Lipinski definition) is 6. The Morgan fingerprint density at radius 2 is 1.74 bits per heavy atom. The third-order valence-electron chi connectivity index (χ3n) is 5.40. The van der Waals surface area contributed by atoms with Gasteiger partial charge in [-0.1, -0.05) is 27.7 Å². The molecule has 4 aromatic heterocycles. The third-order valence-corrected chi connectivity index (χ3v) is 5.40. The molecule has 34 heavy (non-hydrogen) atoms. The summed E-state index contributed by atoms with van der Waals surface area (Å²) in [4.78, 5) is 20.0. The number of fused-ring (bicyclic) bond motifs is 1. The lowest BCUT2D eigenvalue weighted by Gasteiger charge is -2.21. The Kier molecular flexibility index (Phi) is 8.19. The molecule has 0 bridgehead atoms. The van der Waals surface area contributed by atoms with Crippen LogP contribution >= 0.6 is 0 Å². The first-order valence-electron chi connectivity index (χ1n) is 11.6. The number of nitriles is 1. The number of rotatable bonds is 3. The van der Waals surface area contributed by atoms with E-state index in [1.165, 1.54) is 18.5 Å². The zero-order chi connectivity index (χ0) is 24.7. The molecule has 4 heterocycles. The van der Waals surface area contributed by atoms with Crippen LogP contribution in [0.3, 0.4) is 0 Å². The molecule has 1 fully saturated rings. The largest absolute Gasteiger partial charge is 0.300 e. The van der Waals surface area contributed by atoms with Crippen molar-refractivity contribution in [3.63, 3.8) is 0 Å². The van der Waals surface area contributed by atoms with Crippen molar-refractivity contribution in [1.29, 1.82) is 5.26 Å². The van der Waals surface area contributed by atoms with E-state index < -0.39 is 5.95 Å². The van der Waals surface area contributed by atoms with Gasteiger partial charge < -0.3 is 0 Å². The lowest BCUT2D eigenvalue weighted by molar-refractivity contribution is -0.120. The maximum Gasteiger partial charge on any atom is 0.212 e. The molecule has 1 aliphatic rings. The first-order valence-corrected chi connectivity index (χ1v) is 11.6. The fraction of sp³-hybridized carbons (Fsp3) is 0.360. The van der Waals surface area contributed by atoms with E-state index in [1.54, 1.807) is 23.0 Å². The molecule has 0 unspecified atom stereocenters. The summed E-state index contributed by atoms with van der Waals surface area (Å²) in [6, 6.07) is 5.14. The molecule has 5 rings (SSSR count). The Bertz CT molecular complexity index is 1290. The summed E-state index contributed by atoms with van der Waals surface area (Å²) in [6.07, 6.45) is 11.0. The molecule has 0 aromatic carbocycles. The smallest absolute Gasteiger partial charge is 0.212 e. The van der Waals surface area contributed by atoms with Crippen LogP contribution in [0.15, 0.2) is 43.1 Å². The Morgan fingerprint density at radius 1 is 1.00 bits per heavy atom. The van der Waals surface area contributed by atoms with E-state index in [0.717, 1.165) is 18.4 Å². The number of nitrogens with zero attached hydrogens (tertiary/aromatic N) is 7. The summed E-state index contributed by atoms with van der Waals surface area (Å²) < 4.78 is 16.8. The normalized spacial score (nSPS) is 13.5. The molecule has 1 saturated carbocycles. The minimum absolute atomic E-state index is 0.191. The molecular weight excluding hydrogens is 433 g/mol. The van der Waals surface area contributed by atoms with Crippen LogP contribution < -0.4 is 0 Å². The van der Waals surface area contributed by atoms with Gasteiger partial charge in [0.25, 0.3) is 0 Å². The van der Waals surface area contributed by atoms with E-state index in [0.29, 0.717) is 46.7 Å². The van der Waals surface area contributed by atoms with Crippen molar-refractivity contribution in [3.8, 4) is 28.6 Å². The van der Waals surface area contributed by atoms with Crippen LogP contribution in [0, 0.1) is 17.3 Å². The number of ketones is 1. The lowest BCUT2D eigenvalue weighted by atomic mass is 9.94. The molecule has 0 radical (unpaired) electrons. The zero-order valence-electron chi connectivity index (χ0n) is 19.9. The van der Waals surface area contributed by atoms with Gasteiger partial charge in [0.05, 0.1) is 36.0 Å². The second-order valence-electron chi connectivity index (χ2n) is 7.29. The first-order chi connectivity index (χ1) is 16.6. The van der Waals surface area contributed by atoms with E-state index in [4.69, 9.17) is 4.98 Å². The van der Waals surface area contributed by atoms with E-state index >= 15 is 0 Å². The summed E-state index contributed by atoms with van der Waals surface area (Å²) in [7, 11) is 0. The number of Topliss-reactive ketones (excluding diaryl/α,β-unsaturated/α-hetero) is 1. The van der Waals surface area contributed by atoms with Gasteiger partial charge in [-0.15, -0.1) is 0 Å². The predicted octanol–water partition coefficient (Wildman–Crippen LogP) is 5.40. The van der Waals surface area contributed by atoms with Gasteiger partial charge in [0.1, 0.15) is 22.9 Å². The number of carbonyl (C=O) groups excluding carboxylic acids is 1. The molecule has 0 amide bonds. The molecule has 0 aliphatic heterocycles. The maximum absolute atomic E-state index is 13.3. The average Bonchev–Trinajstić information content (AvgIpc) is 3.54. The van der Waals surface area contributed by atoms with Gasteiger partial charge in [-0.25, -0.2) is 14.5 Å². The molecule has 1 aliphatic carbocycles. The van der Waals surface area contributed by atoms with E-state index in [1.807, 2.05) is 38.6 Å². The van der Waals surface area contributed by atoms with Crippen LogP contribution in [-0.2, 0) is 4.79 Å². The van der Waals surface area contributed by atoms with E-state index in [9.17, 15) is 14.4 Å². The fourth-order valence-electron chi connectivity index (χ4n) is 3.81. The van der Waals surface area contributed by atoms with Gasteiger partial charge in [-0.2, -0.15) is 19.8 Å². The van der Waals surface area contributed by atoms with Crippen molar-refractivity contribution in [3.05, 3.63) is 54.6 Å². The van der Waals surface area contributed by atoms with Gasteiger partial charge in [0.2, 0.25) is 5.95 Å². The van der Waals surface area contributed by atoms with Crippen LogP contribution in [0.4, 0.5) is 4.39 Å². The van der Waals surface area contributed by atoms with Gasteiger partial charge in [-0.3, -0.25) is 9.48 Å². The zero-order valence-corrected chi connectivity index (χ0v) is 19.9. The first kappa shape index (κ1) is 24.7. The van der Waals surface area contributed by atoms with Gasteiger partial charge in [0, 0.05) is 36.4 Å². The average molecular weight is 462 g/mol. The molecule has 4 aromatic rings. The number of carbonyl (C=O) groups is 1. The Morgan fingerprint density at radius 3 is 2.38 bits per heavy atom. The minimum atomic E-state index is -0.591. The number of halogens is 1. The van der Waals surface area contributed by atoms with Crippen molar-refractivity contribution in [1.82, 2.24) is 29.4 Å². The van der Waals surface area contributed by atoms with Crippen molar-refractivity contribution in [2.45, 2.75) is 59.4 Å². The van der Waals surface area contributed by atoms with Crippen molar-refractivity contribution in [2.75, 3.05) is 0 Å². The van der Waals surface area contributed by atoms with E-state index in [2.05, 4.69) is 21.3 Å². The second kappa shape index (κ2) is 11.3. The topological polar surface area (TPSA) is 102 Å². The van der Waals surface area contributed by atoms with Crippen LogP contribution in [0.2, 0.25) is 0 Å². The quantitative estimate of drug-likeness (QED) is 0.379. The molecule has 0 saturated heterocycles. The summed E-state index contributed by atoms with van der Waals surface area (Å²) in [6.45, 7) is 8.00. The fourth-order valence-corrected chi connectivity index (χ4v) is 3.81. The van der Waals surface area contributed by atoms with Gasteiger partial charge >= 0.3 is 0 Å². The highest BCUT2D eigenvalue weighted by atomic mass is 19.1. The molecule has 8 nitrogen and oxygen atoms in total. The second-order valence-corrected chi connectivity index (χ2v) is 7.29. The van der Waals surface area contributed by atoms with Crippen molar-refractivity contribution < 1.29 is 9.18 Å². The Hall–Kier alpha value is -3.93. The number of aromatic nitrogens is 6. The third kappa shape index (κ3) is 5.01. The number of pyridine rings is 1. The highest BCUT2D eigenvalue weighted by Gasteiger charge is 2.22. The highest BCUT2D eigenvalue weighted by molar-refractivity contribution is 5.82. The summed E-state index contributed by atoms with van der Waals surface area (Å²) in [5.74, 6) is -0.289. The van der Waals surface area contributed by atoms with Crippen LogP contribution in [-0.4, -0.2) is 35.1 Å². The molecule has 9 heteroatoms. The van der Waals surface area contributed by atoms with Crippen molar-refractivity contribution in [2.24, 2.45) is 0 Å².